The Bertz CT molecular complexity index is 457. The van der Waals surface area contributed by atoms with E-state index < -0.39 is 0 Å². The first-order valence-corrected chi connectivity index (χ1v) is 5.25. The van der Waals surface area contributed by atoms with E-state index >= 15 is 0 Å². The Balaban J connectivity index is 2.45. The maximum atomic E-state index is 8.86. The molecule has 1 N–H and O–H groups in total. The SMILES string of the molecule is OCCc1nnnn1-c1ccccc1Br. The molecule has 1 heterocycles. The Morgan fingerprint density at radius 3 is 2.87 bits per heavy atom. The van der Waals surface area contributed by atoms with Gasteiger partial charge in [-0.3, -0.25) is 0 Å². The van der Waals surface area contributed by atoms with Gasteiger partial charge < -0.3 is 5.11 Å². The van der Waals surface area contributed by atoms with Gasteiger partial charge in [-0.05, 0) is 38.5 Å². The van der Waals surface area contributed by atoms with Crippen molar-refractivity contribution < 1.29 is 5.11 Å². The minimum atomic E-state index is 0.0326. The molecule has 0 aliphatic carbocycles. The number of rotatable bonds is 3. The van der Waals surface area contributed by atoms with Crippen LogP contribution in [0.3, 0.4) is 0 Å². The normalized spacial score (nSPS) is 10.5. The first-order valence-electron chi connectivity index (χ1n) is 4.46. The third-order valence-corrected chi connectivity index (χ3v) is 2.62. The molecule has 0 saturated heterocycles. The highest BCUT2D eigenvalue weighted by molar-refractivity contribution is 9.10. The summed E-state index contributed by atoms with van der Waals surface area (Å²) < 4.78 is 2.52. The van der Waals surface area contributed by atoms with Gasteiger partial charge in [0.05, 0.1) is 12.3 Å². The lowest BCUT2D eigenvalue weighted by atomic mass is 10.3. The minimum Gasteiger partial charge on any atom is -0.396 e. The fourth-order valence-corrected chi connectivity index (χ4v) is 1.72. The summed E-state index contributed by atoms with van der Waals surface area (Å²) in [6.45, 7) is 0.0326. The van der Waals surface area contributed by atoms with E-state index in [-0.39, 0.29) is 6.61 Å². The second kappa shape index (κ2) is 4.50. The summed E-state index contributed by atoms with van der Waals surface area (Å²) in [5.41, 5.74) is 0.867. The van der Waals surface area contributed by atoms with Crippen LogP contribution in [0.5, 0.6) is 0 Å². The Hall–Kier alpha value is -1.27. The molecule has 78 valence electrons. The average Bonchev–Trinajstić information content (AvgIpc) is 2.67. The zero-order valence-corrected chi connectivity index (χ0v) is 9.42. The zero-order chi connectivity index (χ0) is 10.7. The Kier molecular flexibility index (Phi) is 3.08. The van der Waals surface area contributed by atoms with Crippen LogP contribution in [0.1, 0.15) is 5.82 Å². The van der Waals surface area contributed by atoms with Gasteiger partial charge in [-0.2, -0.15) is 4.68 Å². The molecule has 0 bridgehead atoms. The average molecular weight is 269 g/mol. The highest BCUT2D eigenvalue weighted by atomic mass is 79.9. The number of para-hydroxylation sites is 1. The van der Waals surface area contributed by atoms with Crippen LogP contribution in [0, 0.1) is 0 Å². The molecule has 6 heteroatoms. The molecule has 0 spiro atoms. The van der Waals surface area contributed by atoms with Crippen molar-refractivity contribution >= 4 is 15.9 Å². The van der Waals surface area contributed by atoms with Gasteiger partial charge in [-0.15, -0.1) is 5.10 Å². The third-order valence-electron chi connectivity index (χ3n) is 1.95. The van der Waals surface area contributed by atoms with E-state index in [1.807, 2.05) is 24.3 Å². The van der Waals surface area contributed by atoms with Crippen molar-refractivity contribution in [3.05, 3.63) is 34.6 Å². The number of nitrogens with zero attached hydrogens (tertiary/aromatic N) is 4. The summed E-state index contributed by atoms with van der Waals surface area (Å²) in [6, 6.07) is 7.65. The number of hydrogen-bond acceptors (Lipinski definition) is 4. The molecule has 0 aliphatic rings. The number of aromatic nitrogens is 4. The van der Waals surface area contributed by atoms with E-state index in [0.29, 0.717) is 12.2 Å². The quantitative estimate of drug-likeness (QED) is 0.901. The van der Waals surface area contributed by atoms with Crippen molar-refractivity contribution in [3.8, 4) is 5.69 Å². The van der Waals surface area contributed by atoms with Crippen molar-refractivity contribution in [1.82, 2.24) is 20.2 Å². The molecule has 2 rings (SSSR count). The van der Waals surface area contributed by atoms with Crippen molar-refractivity contribution in [1.29, 1.82) is 0 Å². The van der Waals surface area contributed by atoms with Crippen LogP contribution < -0.4 is 0 Å². The number of aliphatic hydroxyl groups excluding tert-OH is 1. The molecule has 0 amide bonds. The second-order valence-corrected chi connectivity index (χ2v) is 3.79. The third kappa shape index (κ3) is 2.05. The predicted octanol–water partition coefficient (Wildman–Crippen LogP) is 0.960. The lowest BCUT2D eigenvalue weighted by molar-refractivity contribution is 0.295. The molecular formula is C9H9BrN4O. The summed E-state index contributed by atoms with van der Waals surface area (Å²) >= 11 is 3.42. The van der Waals surface area contributed by atoms with E-state index in [9.17, 15) is 0 Å². The number of halogens is 1. The summed E-state index contributed by atoms with van der Waals surface area (Å²) in [4.78, 5) is 0. The zero-order valence-electron chi connectivity index (χ0n) is 7.84. The molecule has 0 aliphatic heterocycles. The highest BCUT2D eigenvalue weighted by Crippen LogP contribution is 2.20. The van der Waals surface area contributed by atoms with Crippen LogP contribution >= 0.6 is 15.9 Å². The van der Waals surface area contributed by atoms with Gasteiger partial charge in [-0.25, -0.2) is 0 Å². The molecule has 1 aromatic heterocycles. The van der Waals surface area contributed by atoms with Crippen molar-refractivity contribution in [2.45, 2.75) is 6.42 Å². The molecule has 0 fully saturated rings. The molecule has 0 radical (unpaired) electrons. The standard InChI is InChI=1S/C9H9BrN4O/c10-7-3-1-2-4-8(7)14-9(5-6-15)11-12-13-14/h1-4,15H,5-6H2. The smallest absolute Gasteiger partial charge is 0.159 e. The maximum Gasteiger partial charge on any atom is 0.159 e. The van der Waals surface area contributed by atoms with E-state index in [1.54, 1.807) is 4.68 Å². The first-order chi connectivity index (χ1) is 7.33. The van der Waals surface area contributed by atoms with Crippen molar-refractivity contribution in [2.75, 3.05) is 6.61 Å². The summed E-state index contributed by atoms with van der Waals surface area (Å²) in [6.07, 6.45) is 0.439. The molecule has 0 saturated carbocycles. The Morgan fingerprint density at radius 1 is 1.33 bits per heavy atom. The number of benzene rings is 1. The largest absolute Gasteiger partial charge is 0.396 e. The van der Waals surface area contributed by atoms with Crippen molar-refractivity contribution in [2.24, 2.45) is 0 Å². The van der Waals surface area contributed by atoms with E-state index in [1.165, 1.54) is 0 Å². The number of hydrogen-bond donors (Lipinski definition) is 1. The lowest BCUT2D eigenvalue weighted by Crippen LogP contribution is -2.05. The molecule has 0 atom stereocenters. The van der Waals surface area contributed by atoms with Crippen LogP contribution in [-0.4, -0.2) is 31.9 Å². The van der Waals surface area contributed by atoms with E-state index in [0.717, 1.165) is 10.2 Å². The van der Waals surface area contributed by atoms with Crippen molar-refractivity contribution in [3.63, 3.8) is 0 Å². The van der Waals surface area contributed by atoms with Crippen LogP contribution in [0.15, 0.2) is 28.7 Å². The van der Waals surface area contributed by atoms with Gasteiger partial charge in [0, 0.05) is 10.9 Å². The second-order valence-electron chi connectivity index (χ2n) is 2.93. The number of aliphatic hydroxyl groups is 1. The molecule has 2 aromatic rings. The lowest BCUT2D eigenvalue weighted by Gasteiger charge is -2.04. The fourth-order valence-electron chi connectivity index (χ4n) is 1.27. The predicted molar refractivity (Wildman–Crippen MR) is 57.6 cm³/mol. The van der Waals surface area contributed by atoms with Gasteiger partial charge in [0.25, 0.3) is 0 Å². The summed E-state index contributed by atoms with van der Waals surface area (Å²) in [5, 5.41) is 20.2. The van der Waals surface area contributed by atoms with E-state index in [2.05, 4.69) is 31.5 Å². The Morgan fingerprint density at radius 2 is 2.13 bits per heavy atom. The fraction of sp³-hybridized carbons (Fsp3) is 0.222. The van der Waals surface area contributed by atoms with Gasteiger partial charge in [-0.1, -0.05) is 12.1 Å². The molecular weight excluding hydrogens is 260 g/mol. The molecule has 15 heavy (non-hydrogen) atoms. The van der Waals surface area contributed by atoms with Gasteiger partial charge in [0.2, 0.25) is 0 Å². The van der Waals surface area contributed by atoms with Crippen LogP contribution in [0.25, 0.3) is 5.69 Å². The highest BCUT2D eigenvalue weighted by Gasteiger charge is 2.09. The minimum absolute atomic E-state index is 0.0326. The number of tetrazole rings is 1. The topological polar surface area (TPSA) is 63.8 Å². The van der Waals surface area contributed by atoms with Gasteiger partial charge >= 0.3 is 0 Å². The van der Waals surface area contributed by atoms with Crippen LogP contribution in [0.4, 0.5) is 0 Å². The molecule has 5 nitrogen and oxygen atoms in total. The Labute approximate surface area is 94.9 Å². The summed E-state index contributed by atoms with van der Waals surface area (Å²) in [5.74, 6) is 0.643. The molecule has 0 unspecified atom stereocenters. The molecule has 1 aromatic carbocycles. The summed E-state index contributed by atoms with van der Waals surface area (Å²) in [7, 11) is 0. The van der Waals surface area contributed by atoms with Crippen LogP contribution in [0.2, 0.25) is 0 Å². The maximum absolute atomic E-state index is 8.86. The monoisotopic (exact) mass is 268 g/mol. The van der Waals surface area contributed by atoms with Gasteiger partial charge in [0.1, 0.15) is 0 Å². The van der Waals surface area contributed by atoms with Gasteiger partial charge in [0.15, 0.2) is 5.82 Å². The van der Waals surface area contributed by atoms with E-state index in [4.69, 9.17) is 5.11 Å². The first kappa shape index (κ1) is 10.3. The van der Waals surface area contributed by atoms with Crippen LogP contribution in [-0.2, 0) is 6.42 Å².